The van der Waals surface area contributed by atoms with Crippen LogP contribution in [-0.2, 0) is 52.4 Å². The van der Waals surface area contributed by atoms with Crippen molar-refractivity contribution in [2.45, 2.75) is 80.2 Å². The SMILES string of the molecule is CC(C)(SCCO)SCCO.COC(=O)CS.COC(=O)CSC(C)(C)SCC(=O)OC.COC(=O)CSC(C)(C)SCC(=O)OC.COC(C)(C)C. The van der Waals surface area contributed by atoms with E-state index in [0.717, 1.165) is 11.5 Å². The van der Waals surface area contributed by atoms with E-state index in [4.69, 9.17) is 14.9 Å². The predicted octanol–water partition coefficient (Wildman–Crippen LogP) is 5.76. The number of aliphatic hydroxyl groups is 2. The molecule has 0 bridgehead atoms. The van der Waals surface area contributed by atoms with Gasteiger partial charge in [-0.15, -0.1) is 70.6 Å². The molecule has 0 aliphatic heterocycles. The average molecular weight is 895 g/mol. The van der Waals surface area contributed by atoms with Crippen LogP contribution >= 0.6 is 83.2 Å². The van der Waals surface area contributed by atoms with Gasteiger partial charge in [0, 0.05) is 18.6 Å². The van der Waals surface area contributed by atoms with E-state index in [-0.39, 0.29) is 89.7 Å². The molecule has 53 heavy (non-hydrogen) atoms. The maximum absolute atomic E-state index is 10.9. The Kier molecular flexibility index (Phi) is 43.5. The second-order valence-electron chi connectivity index (χ2n) is 11.9. The summed E-state index contributed by atoms with van der Waals surface area (Å²) in [6, 6.07) is 0. The zero-order valence-corrected chi connectivity index (χ0v) is 39.9. The Morgan fingerprint density at radius 2 is 0.660 bits per heavy atom. The first kappa shape index (κ1) is 61.9. The summed E-state index contributed by atoms with van der Waals surface area (Å²) in [6.07, 6.45) is 0. The van der Waals surface area contributed by atoms with Crippen LogP contribution in [0.2, 0.25) is 0 Å². The quantitative estimate of drug-likeness (QED) is 0.0615. The molecule has 0 fully saturated rings. The molecule has 0 atom stereocenters. The van der Waals surface area contributed by atoms with Crippen molar-refractivity contribution >= 4 is 113 Å². The number of carbonyl (C=O) groups excluding carboxylic acids is 5. The van der Waals surface area contributed by atoms with E-state index < -0.39 is 0 Å². The summed E-state index contributed by atoms with van der Waals surface area (Å²) in [4.78, 5) is 53.5. The molecule has 0 aromatic carbocycles. The molecule has 0 aliphatic carbocycles. The van der Waals surface area contributed by atoms with Gasteiger partial charge in [-0.2, -0.15) is 12.6 Å². The molecule has 0 aliphatic rings. The molecule has 0 rings (SSSR count). The van der Waals surface area contributed by atoms with Crippen LogP contribution in [0, 0.1) is 0 Å². The zero-order chi connectivity index (χ0) is 42.7. The molecule has 0 aromatic rings. The summed E-state index contributed by atoms with van der Waals surface area (Å²) in [6.45, 7) is 18.5. The molecule has 2 N–H and O–H groups in total. The van der Waals surface area contributed by atoms with Crippen LogP contribution in [0.5, 0.6) is 0 Å². The average Bonchev–Trinajstić information content (AvgIpc) is 3.12. The second kappa shape index (κ2) is 37.3. The number of thiol groups is 1. The first-order valence-corrected chi connectivity index (χ1v) is 22.4. The van der Waals surface area contributed by atoms with Crippen LogP contribution < -0.4 is 0 Å². The molecule has 0 saturated heterocycles. The van der Waals surface area contributed by atoms with Crippen LogP contribution in [0.4, 0.5) is 0 Å². The highest BCUT2D eigenvalue weighted by Crippen LogP contribution is 2.37. The fraction of sp³-hybridized carbons (Fsp3) is 0.848. The molecule has 0 spiro atoms. The van der Waals surface area contributed by atoms with Gasteiger partial charge in [0.1, 0.15) is 0 Å². The van der Waals surface area contributed by atoms with Crippen molar-refractivity contribution in [2.75, 3.05) is 96.1 Å². The van der Waals surface area contributed by atoms with Crippen LogP contribution in [0.1, 0.15) is 62.3 Å². The maximum atomic E-state index is 10.9. The molecule has 13 nitrogen and oxygen atoms in total. The topological polar surface area (TPSA) is 181 Å². The summed E-state index contributed by atoms with van der Waals surface area (Å²) >= 11 is 12.8. The normalized spacial score (nSPS) is 10.9. The van der Waals surface area contributed by atoms with Gasteiger partial charge in [-0.05, 0) is 62.3 Å². The molecule has 20 heteroatoms. The zero-order valence-electron chi connectivity index (χ0n) is 34.1. The van der Waals surface area contributed by atoms with Crippen molar-refractivity contribution in [2.24, 2.45) is 0 Å². The third kappa shape index (κ3) is 53.8. The lowest BCUT2D eigenvalue weighted by molar-refractivity contribution is -0.138. The fourth-order valence-corrected chi connectivity index (χ4v) is 7.77. The minimum Gasteiger partial charge on any atom is -0.468 e. The minimum absolute atomic E-state index is 0.0417. The first-order valence-electron chi connectivity index (χ1n) is 15.9. The van der Waals surface area contributed by atoms with Gasteiger partial charge in [0.25, 0.3) is 0 Å². The van der Waals surface area contributed by atoms with Crippen molar-refractivity contribution in [3.05, 3.63) is 0 Å². The van der Waals surface area contributed by atoms with E-state index in [1.54, 1.807) is 30.6 Å². The highest BCUT2D eigenvalue weighted by Gasteiger charge is 2.23. The molecule has 0 heterocycles. The summed E-state index contributed by atoms with van der Waals surface area (Å²) < 4.78 is 27.0. The Labute approximate surface area is 349 Å². The van der Waals surface area contributed by atoms with Gasteiger partial charge in [0.2, 0.25) is 0 Å². The van der Waals surface area contributed by atoms with Crippen LogP contribution in [-0.4, -0.2) is 154 Å². The van der Waals surface area contributed by atoms with Gasteiger partial charge in [0.15, 0.2) is 0 Å². The maximum Gasteiger partial charge on any atom is 0.315 e. The number of hydrogen-bond acceptors (Lipinski definition) is 20. The predicted molar refractivity (Wildman–Crippen MR) is 232 cm³/mol. The molecular formula is C33H66O13S7. The molecule has 318 valence electrons. The Balaban J connectivity index is -0.000000190. The van der Waals surface area contributed by atoms with Gasteiger partial charge in [0.05, 0.1) is 95.4 Å². The third-order valence-electron chi connectivity index (χ3n) is 5.11. The van der Waals surface area contributed by atoms with Gasteiger partial charge >= 0.3 is 29.8 Å². The van der Waals surface area contributed by atoms with Crippen LogP contribution in [0.25, 0.3) is 0 Å². The number of carbonyl (C=O) groups is 5. The fourth-order valence-electron chi connectivity index (χ4n) is 1.94. The first-order chi connectivity index (χ1) is 24.3. The lowest BCUT2D eigenvalue weighted by Crippen LogP contribution is -2.17. The number of thioether (sulfide) groups is 6. The Morgan fingerprint density at radius 1 is 0.453 bits per heavy atom. The Hall–Kier alpha value is -0.320. The highest BCUT2D eigenvalue weighted by molar-refractivity contribution is 8.19. The summed E-state index contributed by atoms with van der Waals surface area (Å²) in [5, 5.41) is 17.2. The Morgan fingerprint density at radius 3 is 0.792 bits per heavy atom. The number of aliphatic hydroxyl groups excluding tert-OH is 2. The molecule has 0 unspecified atom stereocenters. The van der Waals surface area contributed by atoms with E-state index in [2.05, 4.69) is 50.2 Å². The Bertz CT molecular complexity index is 854. The smallest absolute Gasteiger partial charge is 0.315 e. The summed E-state index contributed by atoms with van der Waals surface area (Å²) in [7, 11) is 8.47. The van der Waals surface area contributed by atoms with Crippen molar-refractivity contribution in [1.29, 1.82) is 0 Å². The molecular weight excluding hydrogens is 829 g/mol. The second-order valence-corrected chi connectivity index (χ2v) is 22.8. The van der Waals surface area contributed by atoms with Gasteiger partial charge < -0.3 is 38.6 Å². The number of methoxy groups -OCH3 is 6. The van der Waals surface area contributed by atoms with Crippen molar-refractivity contribution < 1.29 is 62.6 Å². The van der Waals surface area contributed by atoms with Crippen molar-refractivity contribution in [1.82, 2.24) is 0 Å². The lowest BCUT2D eigenvalue weighted by Gasteiger charge is -2.22. The summed E-state index contributed by atoms with van der Waals surface area (Å²) in [5.41, 5.74) is 0.0417. The van der Waals surface area contributed by atoms with E-state index in [1.807, 2.05) is 48.5 Å². The van der Waals surface area contributed by atoms with Crippen molar-refractivity contribution in [3.63, 3.8) is 0 Å². The van der Waals surface area contributed by atoms with E-state index >= 15 is 0 Å². The highest BCUT2D eigenvalue weighted by atomic mass is 32.2. The van der Waals surface area contributed by atoms with Gasteiger partial charge in [-0.25, -0.2) is 0 Å². The van der Waals surface area contributed by atoms with E-state index in [9.17, 15) is 24.0 Å². The number of esters is 5. The summed E-state index contributed by atoms with van der Waals surface area (Å²) in [5.74, 6) is 1.54. The number of hydrogen-bond donors (Lipinski definition) is 3. The minimum atomic E-state index is -0.293. The molecule has 0 radical (unpaired) electrons. The number of ether oxygens (including phenoxy) is 6. The standard InChI is InChI=1S/2C9H16O4S2.C7H16O2S2.C5H12O.C3H6O2S/c2*1-9(2,14-5-7(10)12-3)15-6-8(11)13-4;1-7(2,10-5-3-8)11-6-4-9;1-5(2,3)6-4;1-5-3(4)2-6/h2*5-6H2,1-4H3;8-9H,3-6H2,1-2H3;1-4H3;6H,2H2,1H3. The largest absolute Gasteiger partial charge is 0.468 e. The monoisotopic (exact) mass is 894 g/mol. The van der Waals surface area contributed by atoms with Gasteiger partial charge in [-0.1, -0.05) is 0 Å². The third-order valence-corrected chi connectivity index (χ3v) is 14.0. The molecule has 0 amide bonds. The van der Waals surface area contributed by atoms with E-state index in [1.165, 1.54) is 82.6 Å². The number of rotatable bonds is 19. The lowest BCUT2D eigenvalue weighted by atomic mass is 10.2. The van der Waals surface area contributed by atoms with E-state index in [0.29, 0.717) is 0 Å². The van der Waals surface area contributed by atoms with Crippen LogP contribution in [0.3, 0.4) is 0 Å². The molecule has 0 aromatic heterocycles. The van der Waals surface area contributed by atoms with Gasteiger partial charge in [-0.3, -0.25) is 24.0 Å². The molecule has 0 saturated carbocycles. The van der Waals surface area contributed by atoms with Crippen molar-refractivity contribution in [3.8, 4) is 0 Å². The van der Waals surface area contributed by atoms with Crippen LogP contribution in [0.15, 0.2) is 0 Å².